The van der Waals surface area contributed by atoms with Crippen molar-refractivity contribution >= 4 is 5.97 Å². The topological polar surface area (TPSA) is 81.7 Å². The fourth-order valence-corrected chi connectivity index (χ4v) is 3.69. The van der Waals surface area contributed by atoms with Gasteiger partial charge in [-0.15, -0.1) is 0 Å². The lowest BCUT2D eigenvalue weighted by atomic mass is 10.00. The molecule has 3 aliphatic heterocycles. The maximum absolute atomic E-state index is 12.1. The number of ether oxygens (including phenoxy) is 7. The largest absolute Gasteiger partial charge is 0.466 e. The van der Waals surface area contributed by atoms with Gasteiger partial charge in [-0.2, -0.15) is 0 Å². The molecular formula is C17H28O8. The first-order valence-corrected chi connectivity index (χ1v) is 8.67. The highest BCUT2D eigenvalue weighted by Gasteiger charge is 2.66. The minimum absolute atomic E-state index is 0.0918. The molecule has 0 N–H and O–H groups in total. The monoisotopic (exact) mass is 360 g/mol. The summed E-state index contributed by atoms with van der Waals surface area (Å²) in [5, 5.41) is 0. The molecule has 0 radical (unpaired) electrons. The van der Waals surface area contributed by atoms with Crippen molar-refractivity contribution in [2.75, 3.05) is 20.3 Å². The van der Waals surface area contributed by atoms with Gasteiger partial charge in [-0.3, -0.25) is 4.79 Å². The Labute approximate surface area is 148 Å². The van der Waals surface area contributed by atoms with Crippen LogP contribution in [0.2, 0.25) is 0 Å². The third-order valence-corrected chi connectivity index (χ3v) is 4.66. The summed E-state index contributed by atoms with van der Waals surface area (Å²) < 4.78 is 40.6. The number of esters is 1. The molecule has 8 nitrogen and oxygen atoms in total. The van der Waals surface area contributed by atoms with Gasteiger partial charge >= 0.3 is 5.97 Å². The Balaban J connectivity index is 1.85. The fraction of sp³-hybridized carbons (Fsp3) is 0.941. The van der Waals surface area contributed by atoms with Gasteiger partial charge in [0.25, 0.3) is 0 Å². The van der Waals surface area contributed by atoms with E-state index in [4.69, 9.17) is 33.2 Å². The van der Waals surface area contributed by atoms with Crippen molar-refractivity contribution in [3.8, 4) is 0 Å². The summed E-state index contributed by atoms with van der Waals surface area (Å²) in [6, 6.07) is 0. The minimum atomic E-state index is -1.29. The van der Waals surface area contributed by atoms with E-state index in [2.05, 4.69) is 0 Å². The minimum Gasteiger partial charge on any atom is -0.466 e. The van der Waals surface area contributed by atoms with Crippen LogP contribution in [0.1, 0.15) is 41.0 Å². The van der Waals surface area contributed by atoms with Crippen molar-refractivity contribution in [1.29, 1.82) is 0 Å². The first kappa shape index (κ1) is 19.0. The Kier molecular flexibility index (Phi) is 4.89. The average molecular weight is 360 g/mol. The van der Waals surface area contributed by atoms with Crippen LogP contribution in [0.3, 0.4) is 0 Å². The van der Waals surface area contributed by atoms with Gasteiger partial charge in [0, 0.05) is 7.11 Å². The highest BCUT2D eigenvalue weighted by Crippen LogP contribution is 2.48. The van der Waals surface area contributed by atoms with Gasteiger partial charge in [0.15, 0.2) is 11.6 Å². The first-order chi connectivity index (χ1) is 11.6. The summed E-state index contributed by atoms with van der Waals surface area (Å²) in [5.41, 5.74) is 0. The van der Waals surface area contributed by atoms with E-state index in [1.54, 1.807) is 6.92 Å². The molecule has 3 rings (SSSR count). The molecule has 8 heteroatoms. The maximum atomic E-state index is 12.1. The van der Waals surface area contributed by atoms with Gasteiger partial charge in [0.05, 0.1) is 13.2 Å². The van der Waals surface area contributed by atoms with Gasteiger partial charge < -0.3 is 33.2 Å². The molecule has 3 fully saturated rings. The molecule has 0 aromatic rings. The van der Waals surface area contributed by atoms with Crippen molar-refractivity contribution in [2.45, 2.75) is 82.8 Å². The van der Waals surface area contributed by atoms with Crippen LogP contribution in [-0.4, -0.2) is 68.1 Å². The van der Waals surface area contributed by atoms with Crippen LogP contribution in [0.4, 0.5) is 0 Å². The highest BCUT2D eigenvalue weighted by molar-refractivity contribution is 5.70. The summed E-state index contributed by atoms with van der Waals surface area (Å²) in [6.07, 6.45) is -1.94. The average Bonchev–Trinajstić information content (AvgIpc) is 3.10. The number of methoxy groups -OCH3 is 1. The van der Waals surface area contributed by atoms with E-state index < -0.39 is 41.6 Å². The fourth-order valence-electron chi connectivity index (χ4n) is 3.69. The van der Waals surface area contributed by atoms with Crippen molar-refractivity contribution in [3.63, 3.8) is 0 Å². The number of carbonyl (C=O) groups excluding carboxylic acids is 1. The Hall–Kier alpha value is -0.770. The SMILES string of the molecule is CCOC(=O)C[C@@]1(OC)O[C@H]([C@H]2COC(C)(C)O2)[C@@H]2OC(C)(C)O[C@@H]21. The van der Waals surface area contributed by atoms with Gasteiger partial charge in [-0.05, 0) is 34.6 Å². The molecule has 0 aliphatic carbocycles. The predicted octanol–water partition coefficient (Wildman–Crippen LogP) is 1.35. The van der Waals surface area contributed by atoms with Crippen LogP contribution < -0.4 is 0 Å². The van der Waals surface area contributed by atoms with Gasteiger partial charge in [0.2, 0.25) is 5.79 Å². The van der Waals surface area contributed by atoms with Crippen LogP contribution in [-0.2, 0) is 38.0 Å². The quantitative estimate of drug-likeness (QED) is 0.680. The number of rotatable bonds is 5. The van der Waals surface area contributed by atoms with Crippen molar-refractivity contribution in [1.82, 2.24) is 0 Å². The molecular weight excluding hydrogens is 332 g/mol. The molecule has 0 amide bonds. The molecule has 0 bridgehead atoms. The molecule has 0 aromatic heterocycles. The number of fused-ring (bicyclic) bond motifs is 1. The zero-order valence-electron chi connectivity index (χ0n) is 15.7. The lowest BCUT2D eigenvalue weighted by Gasteiger charge is -2.33. The third kappa shape index (κ3) is 3.56. The van der Waals surface area contributed by atoms with E-state index in [1.807, 2.05) is 27.7 Å². The van der Waals surface area contributed by atoms with Crippen LogP contribution in [0, 0.1) is 0 Å². The second kappa shape index (κ2) is 6.44. The lowest BCUT2D eigenvalue weighted by Crippen LogP contribution is -2.47. The number of carbonyl (C=O) groups is 1. The Morgan fingerprint density at radius 3 is 2.32 bits per heavy atom. The number of hydrogen-bond donors (Lipinski definition) is 0. The molecule has 0 unspecified atom stereocenters. The molecule has 25 heavy (non-hydrogen) atoms. The van der Waals surface area contributed by atoms with Gasteiger partial charge in [0.1, 0.15) is 30.8 Å². The lowest BCUT2D eigenvalue weighted by molar-refractivity contribution is -0.295. The van der Waals surface area contributed by atoms with E-state index in [0.717, 1.165) is 0 Å². The normalized spacial score (nSPS) is 41.7. The van der Waals surface area contributed by atoms with Gasteiger partial charge in [-0.25, -0.2) is 0 Å². The number of hydrogen-bond acceptors (Lipinski definition) is 8. The molecule has 3 aliphatic rings. The van der Waals surface area contributed by atoms with Crippen molar-refractivity contribution in [3.05, 3.63) is 0 Å². The van der Waals surface area contributed by atoms with E-state index in [9.17, 15) is 4.79 Å². The third-order valence-electron chi connectivity index (χ3n) is 4.66. The van der Waals surface area contributed by atoms with E-state index >= 15 is 0 Å². The second-order valence-electron chi connectivity index (χ2n) is 7.47. The van der Waals surface area contributed by atoms with Crippen LogP contribution in [0.15, 0.2) is 0 Å². The highest BCUT2D eigenvalue weighted by atomic mass is 16.8. The van der Waals surface area contributed by atoms with E-state index in [0.29, 0.717) is 6.61 Å². The summed E-state index contributed by atoms with van der Waals surface area (Å²) in [5.74, 6) is -3.21. The summed E-state index contributed by atoms with van der Waals surface area (Å²) in [4.78, 5) is 12.1. The Morgan fingerprint density at radius 1 is 1.04 bits per heavy atom. The first-order valence-electron chi connectivity index (χ1n) is 8.67. The van der Waals surface area contributed by atoms with Crippen LogP contribution in [0.25, 0.3) is 0 Å². The van der Waals surface area contributed by atoms with Crippen LogP contribution >= 0.6 is 0 Å². The second-order valence-corrected chi connectivity index (χ2v) is 7.47. The molecule has 3 heterocycles. The van der Waals surface area contributed by atoms with E-state index in [1.165, 1.54) is 7.11 Å². The smallest absolute Gasteiger partial charge is 0.311 e. The van der Waals surface area contributed by atoms with Crippen molar-refractivity contribution < 1.29 is 38.0 Å². The zero-order valence-corrected chi connectivity index (χ0v) is 15.7. The molecule has 0 saturated carbocycles. The summed E-state index contributed by atoms with van der Waals surface area (Å²) in [6.45, 7) is 9.74. The molecule has 0 spiro atoms. The molecule has 0 aromatic carbocycles. The Morgan fingerprint density at radius 2 is 1.76 bits per heavy atom. The van der Waals surface area contributed by atoms with Crippen molar-refractivity contribution in [2.24, 2.45) is 0 Å². The van der Waals surface area contributed by atoms with Gasteiger partial charge in [-0.1, -0.05) is 0 Å². The summed E-state index contributed by atoms with van der Waals surface area (Å²) >= 11 is 0. The maximum Gasteiger partial charge on any atom is 0.311 e. The van der Waals surface area contributed by atoms with Crippen LogP contribution in [0.5, 0.6) is 0 Å². The Bertz CT molecular complexity index is 519. The summed E-state index contributed by atoms with van der Waals surface area (Å²) in [7, 11) is 1.49. The van der Waals surface area contributed by atoms with E-state index in [-0.39, 0.29) is 19.1 Å². The molecule has 144 valence electrons. The molecule has 3 saturated heterocycles. The zero-order chi connectivity index (χ0) is 18.5. The standard InChI is InChI=1S/C17H28O8/c1-7-20-11(18)8-17(19-6)14-13(23-16(4,5)25-14)12(24-17)10-9-21-15(2,3)22-10/h10,12-14H,7-9H2,1-6H3/t10-,12-,13+,14+,17-/m1/s1. The predicted molar refractivity (Wildman–Crippen MR) is 84.6 cm³/mol. The molecule has 5 atom stereocenters.